The topological polar surface area (TPSA) is 76.0 Å². The molecule has 0 fully saturated rings. The van der Waals surface area contributed by atoms with Crippen LogP contribution in [-0.4, -0.2) is 37.0 Å². The number of rotatable bonds is 9. The van der Waals surface area contributed by atoms with Gasteiger partial charge in [-0.25, -0.2) is 13.1 Å². The summed E-state index contributed by atoms with van der Waals surface area (Å²) in [6, 6.07) is 0. The minimum Gasteiger partial charge on any atom is -0.317 e. The Labute approximate surface area is 122 Å². The van der Waals surface area contributed by atoms with Gasteiger partial charge in [-0.15, -0.1) is 0 Å². The first-order valence-electron chi connectivity index (χ1n) is 7.04. The second-order valence-electron chi connectivity index (χ2n) is 4.97. The highest BCUT2D eigenvalue weighted by atomic mass is 32.2. The molecule has 0 amide bonds. The van der Waals surface area contributed by atoms with E-state index < -0.39 is 10.0 Å². The van der Waals surface area contributed by atoms with Crippen LogP contribution in [-0.2, 0) is 23.6 Å². The normalized spacial score (nSPS) is 12.0. The van der Waals surface area contributed by atoms with E-state index in [2.05, 4.69) is 15.1 Å². The van der Waals surface area contributed by atoms with Crippen LogP contribution >= 0.6 is 0 Å². The largest absolute Gasteiger partial charge is 0.317 e. The Morgan fingerprint density at radius 3 is 2.50 bits per heavy atom. The highest BCUT2D eigenvalue weighted by Gasteiger charge is 2.14. The van der Waals surface area contributed by atoms with Crippen LogP contribution in [0.4, 0.5) is 0 Å². The summed E-state index contributed by atoms with van der Waals surface area (Å²) in [6.45, 7) is 7.99. The molecule has 1 heterocycles. The first kappa shape index (κ1) is 17.1. The molecule has 0 aliphatic rings. The number of aromatic nitrogens is 2. The van der Waals surface area contributed by atoms with Gasteiger partial charge >= 0.3 is 0 Å². The quantitative estimate of drug-likeness (QED) is 0.663. The maximum absolute atomic E-state index is 11.9. The smallest absolute Gasteiger partial charge is 0.211 e. The van der Waals surface area contributed by atoms with Crippen molar-refractivity contribution in [2.24, 2.45) is 7.05 Å². The Bertz CT molecular complexity index is 523. The number of hydrogen-bond acceptors (Lipinski definition) is 4. The fourth-order valence-electron chi connectivity index (χ4n) is 2.05. The molecule has 2 N–H and O–H groups in total. The molecule has 0 bridgehead atoms. The van der Waals surface area contributed by atoms with Crippen molar-refractivity contribution in [2.45, 2.75) is 40.2 Å². The molecule has 0 saturated heterocycles. The number of nitrogens with zero attached hydrogens (tertiary/aromatic N) is 2. The van der Waals surface area contributed by atoms with Crippen molar-refractivity contribution in [3.63, 3.8) is 0 Å². The van der Waals surface area contributed by atoms with Crippen molar-refractivity contribution in [1.29, 1.82) is 0 Å². The van der Waals surface area contributed by atoms with Gasteiger partial charge in [0.2, 0.25) is 10.0 Å². The Morgan fingerprint density at radius 1 is 1.25 bits per heavy atom. The summed E-state index contributed by atoms with van der Waals surface area (Å²) in [7, 11) is -1.34. The SMILES string of the molecule is CCNCCCCS(=O)(=O)NCc1c(C)nn(C)c1C. The van der Waals surface area contributed by atoms with E-state index >= 15 is 0 Å². The van der Waals surface area contributed by atoms with Crippen molar-refractivity contribution in [3.05, 3.63) is 17.0 Å². The lowest BCUT2D eigenvalue weighted by Gasteiger charge is -2.07. The van der Waals surface area contributed by atoms with Gasteiger partial charge < -0.3 is 5.32 Å². The standard InChI is InChI=1S/C13H26N4O2S/c1-5-14-8-6-7-9-20(18,19)15-10-13-11(2)16-17(4)12(13)3/h14-15H,5-10H2,1-4H3. The molecule has 0 aliphatic carbocycles. The Morgan fingerprint density at radius 2 is 1.95 bits per heavy atom. The van der Waals surface area contributed by atoms with Crippen LogP contribution in [0.3, 0.4) is 0 Å². The van der Waals surface area contributed by atoms with Crippen molar-refractivity contribution in [2.75, 3.05) is 18.8 Å². The molecule has 1 rings (SSSR count). The van der Waals surface area contributed by atoms with Crippen LogP contribution in [0.5, 0.6) is 0 Å². The number of unbranched alkanes of at least 4 members (excludes halogenated alkanes) is 1. The van der Waals surface area contributed by atoms with E-state index in [0.29, 0.717) is 13.0 Å². The van der Waals surface area contributed by atoms with E-state index in [4.69, 9.17) is 0 Å². The molecule has 116 valence electrons. The van der Waals surface area contributed by atoms with Gasteiger partial charge in [0, 0.05) is 24.8 Å². The Hall–Kier alpha value is -0.920. The first-order chi connectivity index (χ1) is 9.37. The van der Waals surface area contributed by atoms with Crippen LogP contribution in [0, 0.1) is 13.8 Å². The summed E-state index contributed by atoms with van der Waals surface area (Å²) < 4.78 is 28.2. The van der Waals surface area contributed by atoms with Gasteiger partial charge in [0.25, 0.3) is 0 Å². The molecule has 0 aromatic carbocycles. The van der Waals surface area contributed by atoms with Gasteiger partial charge in [-0.1, -0.05) is 6.92 Å². The third-order valence-electron chi connectivity index (χ3n) is 3.39. The summed E-state index contributed by atoms with van der Waals surface area (Å²) >= 11 is 0. The van der Waals surface area contributed by atoms with E-state index in [9.17, 15) is 8.42 Å². The van der Waals surface area contributed by atoms with Crippen LogP contribution in [0.25, 0.3) is 0 Å². The van der Waals surface area contributed by atoms with E-state index in [1.54, 1.807) is 4.68 Å². The maximum Gasteiger partial charge on any atom is 0.211 e. The molecule has 0 atom stereocenters. The second kappa shape index (κ2) is 7.75. The monoisotopic (exact) mass is 302 g/mol. The van der Waals surface area contributed by atoms with Gasteiger partial charge in [0.15, 0.2) is 0 Å². The molecule has 0 unspecified atom stereocenters. The first-order valence-corrected chi connectivity index (χ1v) is 8.69. The van der Waals surface area contributed by atoms with E-state index in [0.717, 1.165) is 36.5 Å². The van der Waals surface area contributed by atoms with Crippen molar-refractivity contribution < 1.29 is 8.42 Å². The molecule has 7 heteroatoms. The molecule has 1 aromatic heterocycles. The van der Waals surface area contributed by atoms with Gasteiger partial charge in [-0.2, -0.15) is 5.10 Å². The molecule has 0 radical (unpaired) electrons. The Kier molecular flexibility index (Phi) is 6.64. The lowest BCUT2D eigenvalue weighted by molar-refractivity contribution is 0.574. The molecule has 0 spiro atoms. The van der Waals surface area contributed by atoms with Crippen molar-refractivity contribution in [3.8, 4) is 0 Å². The van der Waals surface area contributed by atoms with Crippen LogP contribution < -0.4 is 10.0 Å². The van der Waals surface area contributed by atoms with E-state index in [-0.39, 0.29) is 5.75 Å². The van der Waals surface area contributed by atoms with E-state index in [1.807, 2.05) is 27.8 Å². The molecule has 6 nitrogen and oxygen atoms in total. The predicted octanol–water partition coefficient (Wildman–Crippen LogP) is 0.846. The molecular weight excluding hydrogens is 276 g/mol. The fourth-order valence-corrected chi connectivity index (χ4v) is 3.14. The van der Waals surface area contributed by atoms with Gasteiger partial charge in [-0.3, -0.25) is 4.68 Å². The number of nitrogens with one attached hydrogen (secondary N) is 2. The van der Waals surface area contributed by atoms with Gasteiger partial charge in [-0.05, 0) is 39.8 Å². The molecule has 0 saturated carbocycles. The number of aryl methyl sites for hydroxylation is 2. The summed E-state index contributed by atoms with van der Waals surface area (Å²) in [4.78, 5) is 0. The lowest BCUT2D eigenvalue weighted by Crippen LogP contribution is -2.27. The number of sulfonamides is 1. The number of hydrogen-bond donors (Lipinski definition) is 2. The van der Waals surface area contributed by atoms with Crippen LogP contribution in [0.2, 0.25) is 0 Å². The van der Waals surface area contributed by atoms with Crippen molar-refractivity contribution >= 4 is 10.0 Å². The highest BCUT2D eigenvalue weighted by Crippen LogP contribution is 2.11. The van der Waals surface area contributed by atoms with Gasteiger partial charge in [0.1, 0.15) is 0 Å². The fraction of sp³-hybridized carbons (Fsp3) is 0.769. The maximum atomic E-state index is 11.9. The average molecular weight is 302 g/mol. The average Bonchev–Trinajstić information content (AvgIpc) is 2.61. The second-order valence-corrected chi connectivity index (χ2v) is 6.90. The zero-order chi connectivity index (χ0) is 15.2. The van der Waals surface area contributed by atoms with Gasteiger partial charge in [0.05, 0.1) is 11.4 Å². The Balaban J connectivity index is 2.43. The van der Waals surface area contributed by atoms with Crippen LogP contribution in [0.1, 0.15) is 36.7 Å². The molecule has 1 aromatic rings. The lowest BCUT2D eigenvalue weighted by atomic mass is 10.2. The summed E-state index contributed by atoms with van der Waals surface area (Å²) in [5.74, 6) is 0.177. The van der Waals surface area contributed by atoms with Crippen LogP contribution in [0.15, 0.2) is 0 Å². The van der Waals surface area contributed by atoms with E-state index in [1.165, 1.54) is 0 Å². The minimum absolute atomic E-state index is 0.177. The summed E-state index contributed by atoms with van der Waals surface area (Å²) in [6.07, 6.45) is 1.55. The molecule has 20 heavy (non-hydrogen) atoms. The molecule has 0 aliphatic heterocycles. The highest BCUT2D eigenvalue weighted by molar-refractivity contribution is 7.89. The third kappa shape index (κ3) is 5.22. The summed E-state index contributed by atoms with van der Waals surface area (Å²) in [5, 5.41) is 7.46. The summed E-state index contributed by atoms with van der Waals surface area (Å²) in [5.41, 5.74) is 2.83. The molecular formula is C13H26N4O2S. The third-order valence-corrected chi connectivity index (χ3v) is 4.80. The predicted molar refractivity (Wildman–Crippen MR) is 81.1 cm³/mol. The zero-order valence-corrected chi connectivity index (χ0v) is 13.7. The minimum atomic E-state index is -3.21. The zero-order valence-electron chi connectivity index (χ0n) is 12.9. The van der Waals surface area contributed by atoms with Crippen molar-refractivity contribution in [1.82, 2.24) is 19.8 Å².